The molecule has 0 radical (unpaired) electrons. The summed E-state index contributed by atoms with van der Waals surface area (Å²) >= 11 is 0. The van der Waals surface area contributed by atoms with Crippen molar-refractivity contribution in [3.63, 3.8) is 0 Å². The maximum atomic E-state index is 13.4. The highest BCUT2D eigenvalue weighted by atomic mass is 19.1. The zero-order valence-electron chi connectivity index (χ0n) is 16.6. The van der Waals surface area contributed by atoms with Crippen molar-refractivity contribution in [2.45, 2.75) is 6.92 Å². The van der Waals surface area contributed by atoms with Crippen LogP contribution in [-0.4, -0.2) is 68.4 Å². The summed E-state index contributed by atoms with van der Waals surface area (Å²) in [6.07, 6.45) is 0. The van der Waals surface area contributed by atoms with Crippen LogP contribution in [0.25, 0.3) is 0 Å². The predicted molar refractivity (Wildman–Crippen MR) is 111 cm³/mol. The number of benzene rings is 1. The Labute approximate surface area is 170 Å². The largest absolute Gasteiger partial charge is 0.378 e. The van der Waals surface area contributed by atoms with Crippen LogP contribution in [0.3, 0.4) is 0 Å². The van der Waals surface area contributed by atoms with E-state index >= 15 is 0 Å². The fourth-order valence-corrected chi connectivity index (χ4v) is 3.68. The summed E-state index contributed by atoms with van der Waals surface area (Å²) in [7, 11) is 0. The van der Waals surface area contributed by atoms with Crippen molar-refractivity contribution >= 4 is 23.2 Å². The van der Waals surface area contributed by atoms with Crippen molar-refractivity contribution in [2.24, 2.45) is 0 Å². The Balaban J connectivity index is 1.34. The average molecular weight is 399 g/mol. The number of pyridine rings is 1. The van der Waals surface area contributed by atoms with Gasteiger partial charge in [0.25, 0.3) is 0 Å². The first-order chi connectivity index (χ1) is 14.1. The SMILES string of the molecule is Cc1nc(N2CCOCC2)ccc1NC(=O)N1CCN(c2cccc(F)c2)CC1. The molecule has 2 aliphatic heterocycles. The normalized spacial score (nSPS) is 17.4. The van der Waals surface area contributed by atoms with Gasteiger partial charge in [-0.2, -0.15) is 0 Å². The van der Waals surface area contributed by atoms with Crippen LogP contribution in [-0.2, 0) is 4.74 Å². The van der Waals surface area contributed by atoms with Crippen LogP contribution >= 0.6 is 0 Å². The molecular weight excluding hydrogens is 373 g/mol. The van der Waals surface area contributed by atoms with Crippen molar-refractivity contribution in [1.29, 1.82) is 0 Å². The maximum absolute atomic E-state index is 13.4. The van der Waals surface area contributed by atoms with Crippen LogP contribution in [0.1, 0.15) is 5.69 Å². The molecule has 0 saturated carbocycles. The Morgan fingerprint density at radius 2 is 1.79 bits per heavy atom. The van der Waals surface area contributed by atoms with Crippen LogP contribution in [0.15, 0.2) is 36.4 Å². The Kier molecular flexibility index (Phi) is 5.80. The summed E-state index contributed by atoms with van der Waals surface area (Å²) in [6, 6.07) is 10.3. The minimum atomic E-state index is -0.244. The Morgan fingerprint density at radius 1 is 1.03 bits per heavy atom. The summed E-state index contributed by atoms with van der Waals surface area (Å²) in [6.45, 7) is 7.49. The number of nitrogens with one attached hydrogen (secondary N) is 1. The number of aryl methyl sites for hydroxylation is 1. The van der Waals surface area contributed by atoms with Crippen molar-refractivity contribution in [2.75, 3.05) is 67.6 Å². The molecule has 2 amide bonds. The highest BCUT2D eigenvalue weighted by molar-refractivity contribution is 5.90. The molecule has 3 heterocycles. The summed E-state index contributed by atoms with van der Waals surface area (Å²) in [5.41, 5.74) is 2.36. The lowest BCUT2D eigenvalue weighted by molar-refractivity contribution is 0.122. The molecule has 7 nitrogen and oxygen atoms in total. The topological polar surface area (TPSA) is 60.9 Å². The maximum Gasteiger partial charge on any atom is 0.322 e. The number of carbonyl (C=O) groups excluding carboxylic acids is 1. The molecule has 0 aliphatic carbocycles. The number of amides is 2. The number of morpholine rings is 1. The third kappa shape index (κ3) is 4.59. The molecule has 4 rings (SSSR count). The highest BCUT2D eigenvalue weighted by Crippen LogP contribution is 2.21. The number of aromatic nitrogens is 1. The van der Waals surface area contributed by atoms with E-state index in [2.05, 4.69) is 20.1 Å². The molecule has 1 aromatic carbocycles. The summed E-state index contributed by atoms with van der Waals surface area (Å²) < 4.78 is 18.8. The Bertz CT molecular complexity index is 864. The molecule has 0 spiro atoms. The first-order valence-corrected chi connectivity index (χ1v) is 9.97. The second kappa shape index (κ2) is 8.65. The number of ether oxygens (including phenoxy) is 1. The van der Waals surface area contributed by atoms with Gasteiger partial charge >= 0.3 is 6.03 Å². The van der Waals surface area contributed by atoms with E-state index in [4.69, 9.17) is 4.74 Å². The van der Waals surface area contributed by atoms with Gasteiger partial charge < -0.3 is 24.8 Å². The van der Waals surface area contributed by atoms with Crippen molar-refractivity contribution < 1.29 is 13.9 Å². The second-order valence-electron chi connectivity index (χ2n) is 7.29. The van der Waals surface area contributed by atoms with Crippen LogP contribution in [0.4, 0.5) is 26.4 Å². The van der Waals surface area contributed by atoms with E-state index in [1.54, 1.807) is 11.0 Å². The van der Waals surface area contributed by atoms with Gasteiger partial charge in [-0.05, 0) is 37.3 Å². The number of hydrogen-bond donors (Lipinski definition) is 1. The molecule has 154 valence electrons. The Hall–Kier alpha value is -2.87. The molecule has 2 aromatic rings. The minimum absolute atomic E-state index is 0.132. The van der Waals surface area contributed by atoms with Crippen molar-refractivity contribution in [1.82, 2.24) is 9.88 Å². The van der Waals surface area contributed by atoms with Crippen molar-refractivity contribution in [3.8, 4) is 0 Å². The van der Waals surface area contributed by atoms with E-state index in [0.717, 1.165) is 36.0 Å². The van der Waals surface area contributed by atoms with E-state index in [0.29, 0.717) is 39.4 Å². The molecule has 0 bridgehead atoms. The third-order valence-electron chi connectivity index (χ3n) is 5.39. The van der Waals surface area contributed by atoms with Gasteiger partial charge in [0.2, 0.25) is 0 Å². The van der Waals surface area contributed by atoms with Crippen LogP contribution in [0.5, 0.6) is 0 Å². The monoisotopic (exact) mass is 399 g/mol. The third-order valence-corrected chi connectivity index (χ3v) is 5.39. The van der Waals surface area contributed by atoms with E-state index in [-0.39, 0.29) is 11.8 Å². The number of halogens is 1. The first kappa shape index (κ1) is 19.4. The smallest absolute Gasteiger partial charge is 0.322 e. The molecule has 29 heavy (non-hydrogen) atoms. The molecule has 1 aromatic heterocycles. The van der Waals surface area contributed by atoms with Gasteiger partial charge in [0.05, 0.1) is 24.6 Å². The van der Waals surface area contributed by atoms with E-state index in [1.807, 2.05) is 25.1 Å². The molecule has 0 atom stereocenters. The zero-order valence-corrected chi connectivity index (χ0v) is 16.6. The number of urea groups is 1. The van der Waals surface area contributed by atoms with Gasteiger partial charge in [0.15, 0.2) is 0 Å². The van der Waals surface area contributed by atoms with Gasteiger partial charge in [0, 0.05) is 45.0 Å². The van der Waals surface area contributed by atoms with E-state index in [1.165, 1.54) is 12.1 Å². The van der Waals surface area contributed by atoms with Gasteiger partial charge in [-0.3, -0.25) is 0 Å². The van der Waals surface area contributed by atoms with Gasteiger partial charge in [0.1, 0.15) is 11.6 Å². The number of carbonyl (C=O) groups is 1. The second-order valence-corrected chi connectivity index (χ2v) is 7.29. The lowest BCUT2D eigenvalue weighted by Crippen LogP contribution is -2.50. The van der Waals surface area contributed by atoms with Crippen LogP contribution in [0.2, 0.25) is 0 Å². The fraction of sp³-hybridized carbons (Fsp3) is 0.429. The molecule has 0 unspecified atom stereocenters. The van der Waals surface area contributed by atoms with Gasteiger partial charge in [-0.1, -0.05) is 6.07 Å². The number of anilines is 3. The van der Waals surface area contributed by atoms with Crippen molar-refractivity contribution in [3.05, 3.63) is 47.9 Å². The summed E-state index contributed by atoms with van der Waals surface area (Å²) in [5.74, 6) is 0.665. The number of rotatable bonds is 3. The summed E-state index contributed by atoms with van der Waals surface area (Å²) in [4.78, 5) is 23.4. The van der Waals surface area contributed by atoms with E-state index < -0.39 is 0 Å². The zero-order chi connectivity index (χ0) is 20.2. The van der Waals surface area contributed by atoms with Crippen LogP contribution in [0, 0.1) is 12.7 Å². The predicted octanol–water partition coefficient (Wildman–Crippen LogP) is 2.72. The highest BCUT2D eigenvalue weighted by Gasteiger charge is 2.22. The molecule has 1 N–H and O–H groups in total. The van der Waals surface area contributed by atoms with Gasteiger partial charge in [-0.25, -0.2) is 14.2 Å². The molecule has 2 fully saturated rings. The lowest BCUT2D eigenvalue weighted by Gasteiger charge is -2.36. The standard InChI is InChI=1S/C21H26FN5O2/c1-16-19(5-6-20(23-16)26-11-13-29-14-12-26)24-21(28)27-9-7-25(8-10-27)18-4-2-3-17(22)15-18/h2-6,15H,7-14H2,1H3,(H,24,28). The van der Waals surface area contributed by atoms with E-state index in [9.17, 15) is 9.18 Å². The quantitative estimate of drug-likeness (QED) is 0.860. The summed E-state index contributed by atoms with van der Waals surface area (Å²) in [5, 5.41) is 2.98. The van der Waals surface area contributed by atoms with Crippen LogP contribution < -0.4 is 15.1 Å². The number of nitrogens with zero attached hydrogens (tertiary/aromatic N) is 4. The molecule has 2 saturated heterocycles. The molecule has 8 heteroatoms. The first-order valence-electron chi connectivity index (χ1n) is 9.97. The minimum Gasteiger partial charge on any atom is -0.378 e. The molecular formula is C21H26FN5O2. The number of piperazine rings is 1. The number of hydrogen-bond acceptors (Lipinski definition) is 5. The fourth-order valence-electron chi connectivity index (χ4n) is 3.68. The van der Waals surface area contributed by atoms with Gasteiger partial charge in [-0.15, -0.1) is 0 Å². The lowest BCUT2D eigenvalue weighted by atomic mass is 10.2. The molecule has 2 aliphatic rings. The average Bonchev–Trinajstić information content (AvgIpc) is 2.76. The Morgan fingerprint density at radius 3 is 2.48 bits per heavy atom.